The third kappa shape index (κ3) is 2.97. The summed E-state index contributed by atoms with van der Waals surface area (Å²) in [6.45, 7) is 0.853. The number of ether oxygens (including phenoxy) is 1. The molecule has 0 radical (unpaired) electrons. The normalized spacial score (nSPS) is 34.8. The van der Waals surface area contributed by atoms with Gasteiger partial charge in [-0.2, -0.15) is 0 Å². The average molecular weight is 251 g/mol. The van der Waals surface area contributed by atoms with Crippen molar-refractivity contribution >= 4 is 5.96 Å². The fourth-order valence-electron chi connectivity index (χ4n) is 3.29. The summed E-state index contributed by atoms with van der Waals surface area (Å²) in [6.07, 6.45) is 10.5. The van der Waals surface area contributed by atoms with E-state index in [1.165, 1.54) is 44.9 Å². The van der Waals surface area contributed by atoms with Gasteiger partial charge in [0.2, 0.25) is 0 Å². The fraction of sp³-hybridized carbons (Fsp3) is 0.929. The van der Waals surface area contributed by atoms with Crippen LogP contribution in [0.1, 0.15) is 51.4 Å². The third-order valence-electron chi connectivity index (χ3n) is 4.45. The molecule has 0 aromatic heterocycles. The maximum Gasteiger partial charge on any atom is 0.189 e. The first-order chi connectivity index (χ1) is 8.83. The number of hydrogen-bond acceptors (Lipinski definition) is 2. The van der Waals surface area contributed by atoms with Gasteiger partial charge in [-0.1, -0.05) is 19.3 Å². The van der Waals surface area contributed by atoms with Crippen LogP contribution in [-0.4, -0.2) is 30.8 Å². The van der Waals surface area contributed by atoms with Crippen LogP contribution in [0.25, 0.3) is 0 Å². The van der Waals surface area contributed by atoms with E-state index < -0.39 is 0 Å². The standard InChI is InChI=1S/C14H25N3O/c15-14(16-11-4-2-1-3-5-11)17-12-8-9-18-13(12)10-6-7-10/h10-13H,1-9H2,(H3,15,16,17). The molecule has 2 unspecified atom stereocenters. The summed E-state index contributed by atoms with van der Waals surface area (Å²) in [6, 6.07) is 0.845. The summed E-state index contributed by atoms with van der Waals surface area (Å²) >= 11 is 0. The minimum absolute atomic E-state index is 0.300. The SMILES string of the molecule is NC(=NC1CCOC1C1CC1)NC1CCCCC1. The molecule has 1 saturated heterocycles. The van der Waals surface area contributed by atoms with Crippen molar-refractivity contribution in [3.63, 3.8) is 0 Å². The highest BCUT2D eigenvalue weighted by Gasteiger charge is 2.40. The molecule has 2 aliphatic carbocycles. The van der Waals surface area contributed by atoms with Crippen LogP contribution >= 0.6 is 0 Å². The Hall–Kier alpha value is -0.770. The van der Waals surface area contributed by atoms with Crippen molar-refractivity contribution in [3.8, 4) is 0 Å². The number of guanidine groups is 1. The molecular formula is C14H25N3O. The van der Waals surface area contributed by atoms with E-state index in [0.717, 1.165) is 18.9 Å². The molecule has 3 aliphatic rings. The molecule has 4 nitrogen and oxygen atoms in total. The van der Waals surface area contributed by atoms with Crippen LogP contribution in [0.5, 0.6) is 0 Å². The average Bonchev–Trinajstić information content (AvgIpc) is 3.12. The highest BCUT2D eigenvalue weighted by atomic mass is 16.5. The predicted molar refractivity (Wildman–Crippen MR) is 72.5 cm³/mol. The van der Waals surface area contributed by atoms with Gasteiger partial charge in [-0.05, 0) is 38.0 Å². The second-order valence-electron chi connectivity index (χ2n) is 6.02. The lowest BCUT2D eigenvalue weighted by Crippen LogP contribution is -2.42. The van der Waals surface area contributed by atoms with E-state index in [0.29, 0.717) is 24.1 Å². The minimum Gasteiger partial charge on any atom is -0.376 e. The van der Waals surface area contributed by atoms with E-state index >= 15 is 0 Å². The van der Waals surface area contributed by atoms with E-state index in [9.17, 15) is 0 Å². The molecule has 0 spiro atoms. The van der Waals surface area contributed by atoms with Gasteiger partial charge >= 0.3 is 0 Å². The molecule has 4 heteroatoms. The molecule has 0 bridgehead atoms. The van der Waals surface area contributed by atoms with E-state index in [4.69, 9.17) is 10.5 Å². The van der Waals surface area contributed by atoms with Crippen LogP contribution in [0.15, 0.2) is 4.99 Å². The number of nitrogens with zero attached hydrogens (tertiary/aromatic N) is 1. The molecule has 18 heavy (non-hydrogen) atoms. The molecule has 1 heterocycles. The molecule has 3 N–H and O–H groups in total. The fourth-order valence-corrected chi connectivity index (χ4v) is 3.29. The first kappa shape index (κ1) is 12.3. The topological polar surface area (TPSA) is 59.6 Å². The second kappa shape index (κ2) is 5.47. The quantitative estimate of drug-likeness (QED) is 0.594. The first-order valence-electron chi connectivity index (χ1n) is 7.54. The van der Waals surface area contributed by atoms with Crippen molar-refractivity contribution in [3.05, 3.63) is 0 Å². The van der Waals surface area contributed by atoms with Crippen molar-refractivity contribution in [2.75, 3.05) is 6.61 Å². The Morgan fingerprint density at radius 2 is 1.83 bits per heavy atom. The van der Waals surface area contributed by atoms with Crippen LogP contribution in [0.4, 0.5) is 0 Å². The van der Waals surface area contributed by atoms with Gasteiger partial charge < -0.3 is 15.8 Å². The van der Waals surface area contributed by atoms with Gasteiger partial charge in [0.15, 0.2) is 5.96 Å². The highest BCUT2D eigenvalue weighted by molar-refractivity contribution is 5.78. The molecule has 3 fully saturated rings. The van der Waals surface area contributed by atoms with E-state index in [-0.39, 0.29) is 0 Å². The molecular weight excluding hydrogens is 226 g/mol. The zero-order valence-electron chi connectivity index (χ0n) is 11.1. The number of aliphatic imine (C=N–C) groups is 1. The Balaban J connectivity index is 1.53. The van der Waals surface area contributed by atoms with Gasteiger partial charge in [0.25, 0.3) is 0 Å². The summed E-state index contributed by atoms with van der Waals surface area (Å²) in [5, 5.41) is 3.40. The van der Waals surface area contributed by atoms with Crippen molar-refractivity contribution in [1.82, 2.24) is 5.32 Å². The lowest BCUT2D eigenvalue weighted by Gasteiger charge is -2.24. The van der Waals surface area contributed by atoms with Crippen LogP contribution in [-0.2, 0) is 4.74 Å². The third-order valence-corrected chi connectivity index (χ3v) is 4.45. The molecule has 102 valence electrons. The summed E-state index contributed by atoms with van der Waals surface area (Å²) in [4.78, 5) is 4.67. The summed E-state index contributed by atoms with van der Waals surface area (Å²) in [7, 11) is 0. The molecule has 2 atom stereocenters. The Kier molecular flexibility index (Phi) is 3.73. The van der Waals surface area contributed by atoms with Gasteiger partial charge in [-0.25, -0.2) is 4.99 Å². The molecule has 0 aromatic carbocycles. The van der Waals surface area contributed by atoms with Crippen molar-refractivity contribution in [2.45, 2.75) is 69.6 Å². The van der Waals surface area contributed by atoms with Gasteiger partial charge in [0, 0.05) is 12.6 Å². The molecule has 3 rings (SSSR count). The van der Waals surface area contributed by atoms with Crippen molar-refractivity contribution in [1.29, 1.82) is 0 Å². The summed E-state index contributed by atoms with van der Waals surface area (Å²) in [5.74, 6) is 1.40. The highest BCUT2D eigenvalue weighted by Crippen LogP contribution is 2.39. The Labute approximate surface area is 109 Å². The van der Waals surface area contributed by atoms with Gasteiger partial charge in [0.05, 0.1) is 12.1 Å². The molecule has 2 saturated carbocycles. The zero-order valence-corrected chi connectivity index (χ0v) is 11.1. The van der Waals surface area contributed by atoms with E-state index in [2.05, 4.69) is 10.3 Å². The lowest BCUT2D eigenvalue weighted by atomic mass is 9.96. The van der Waals surface area contributed by atoms with E-state index in [1.54, 1.807) is 0 Å². The lowest BCUT2D eigenvalue weighted by molar-refractivity contribution is 0.0874. The van der Waals surface area contributed by atoms with Gasteiger partial charge in [-0.15, -0.1) is 0 Å². The summed E-state index contributed by atoms with van der Waals surface area (Å²) in [5.41, 5.74) is 6.05. The summed E-state index contributed by atoms with van der Waals surface area (Å²) < 4.78 is 5.79. The zero-order chi connectivity index (χ0) is 12.4. The number of hydrogen-bond donors (Lipinski definition) is 2. The van der Waals surface area contributed by atoms with Crippen LogP contribution in [0, 0.1) is 5.92 Å². The molecule has 1 aliphatic heterocycles. The van der Waals surface area contributed by atoms with Gasteiger partial charge in [-0.3, -0.25) is 0 Å². The number of rotatable bonds is 3. The second-order valence-corrected chi connectivity index (χ2v) is 6.02. The van der Waals surface area contributed by atoms with Crippen molar-refractivity contribution < 1.29 is 4.74 Å². The first-order valence-corrected chi connectivity index (χ1v) is 7.54. The van der Waals surface area contributed by atoms with E-state index in [1.807, 2.05) is 0 Å². The molecule has 0 amide bonds. The predicted octanol–water partition coefficient (Wildman–Crippen LogP) is 1.79. The van der Waals surface area contributed by atoms with Crippen LogP contribution in [0.3, 0.4) is 0 Å². The maximum atomic E-state index is 6.05. The Bertz CT molecular complexity index is 308. The Morgan fingerprint density at radius 1 is 1.06 bits per heavy atom. The van der Waals surface area contributed by atoms with Crippen LogP contribution in [0.2, 0.25) is 0 Å². The van der Waals surface area contributed by atoms with Crippen molar-refractivity contribution in [2.24, 2.45) is 16.6 Å². The minimum atomic E-state index is 0.300. The maximum absolute atomic E-state index is 6.05. The smallest absolute Gasteiger partial charge is 0.189 e. The monoisotopic (exact) mass is 251 g/mol. The largest absolute Gasteiger partial charge is 0.376 e. The number of nitrogens with one attached hydrogen (secondary N) is 1. The number of nitrogens with two attached hydrogens (primary N) is 1. The molecule has 0 aromatic rings. The van der Waals surface area contributed by atoms with Crippen LogP contribution < -0.4 is 11.1 Å². The van der Waals surface area contributed by atoms with Gasteiger partial charge in [0.1, 0.15) is 0 Å². The Morgan fingerprint density at radius 3 is 2.56 bits per heavy atom.